The average molecular weight is 348 g/mol. The second-order valence-electron chi connectivity index (χ2n) is 7.24. The third-order valence-electron chi connectivity index (χ3n) is 5.19. The Kier molecular flexibility index (Phi) is 4.89. The van der Waals surface area contributed by atoms with Crippen molar-refractivity contribution in [3.63, 3.8) is 0 Å². The molecule has 0 saturated heterocycles. The topological polar surface area (TPSA) is 0 Å². The Hall–Kier alpha value is -3.12. The summed E-state index contributed by atoms with van der Waals surface area (Å²) < 4.78 is 0. The molecule has 4 aromatic carbocycles. The highest BCUT2D eigenvalue weighted by Crippen LogP contribution is 2.25. The summed E-state index contributed by atoms with van der Waals surface area (Å²) >= 11 is 0. The molecule has 0 bridgehead atoms. The smallest absolute Gasteiger partial charge is 0.0178 e. The second kappa shape index (κ2) is 7.63. The van der Waals surface area contributed by atoms with E-state index >= 15 is 0 Å². The van der Waals surface area contributed by atoms with Crippen molar-refractivity contribution in [3.8, 4) is 11.1 Å². The molecule has 0 atom stereocenters. The maximum atomic E-state index is 4.00. The van der Waals surface area contributed by atoms with Crippen LogP contribution in [0.5, 0.6) is 0 Å². The van der Waals surface area contributed by atoms with Crippen LogP contribution in [0.15, 0.2) is 97.6 Å². The highest BCUT2D eigenvalue weighted by molar-refractivity contribution is 5.87. The van der Waals surface area contributed by atoms with Crippen molar-refractivity contribution in [2.45, 2.75) is 19.8 Å². The first-order valence-electron chi connectivity index (χ1n) is 9.52. The molecule has 0 amide bonds. The van der Waals surface area contributed by atoms with Gasteiger partial charge in [-0.25, -0.2) is 0 Å². The molecule has 0 aliphatic rings. The molecule has 0 saturated carbocycles. The van der Waals surface area contributed by atoms with Gasteiger partial charge in [-0.2, -0.15) is 0 Å². The first-order chi connectivity index (χ1) is 13.2. The number of aryl methyl sites for hydroxylation is 2. The zero-order valence-corrected chi connectivity index (χ0v) is 15.8. The lowest BCUT2D eigenvalue weighted by atomic mass is 9.98. The molecule has 0 N–H and O–H groups in total. The normalized spacial score (nSPS) is 10.9. The van der Waals surface area contributed by atoms with E-state index in [1.165, 1.54) is 38.6 Å². The summed E-state index contributed by atoms with van der Waals surface area (Å²) in [4.78, 5) is 0. The SMILES string of the molecule is C=C(C)c1ccc(CCc2ccc(-c3ccc4ccccc4c3)cc2)cc1. The van der Waals surface area contributed by atoms with Gasteiger partial charge in [0.25, 0.3) is 0 Å². The first-order valence-corrected chi connectivity index (χ1v) is 9.52. The molecule has 0 spiro atoms. The summed E-state index contributed by atoms with van der Waals surface area (Å²) in [6, 6.07) is 33.0. The molecule has 0 fully saturated rings. The summed E-state index contributed by atoms with van der Waals surface area (Å²) in [5, 5.41) is 2.58. The van der Waals surface area contributed by atoms with Crippen LogP contribution in [0, 0.1) is 0 Å². The van der Waals surface area contributed by atoms with Crippen molar-refractivity contribution >= 4 is 16.3 Å². The quantitative estimate of drug-likeness (QED) is 0.354. The minimum absolute atomic E-state index is 1.06. The third kappa shape index (κ3) is 4.01. The molecule has 0 aliphatic heterocycles. The fourth-order valence-electron chi connectivity index (χ4n) is 3.48. The van der Waals surface area contributed by atoms with Gasteiger partial charge >= 0.3 is 0 Å². The van der Waals surface area contributed by atoms with Gasteiger partial charge in [0, 0.05) is 0 Å². The molecule has 0 unspecified atom stereocenters. The highest BCUT2D eigenvalue weighted by atomic mass is 14.1. The molecule has 0 nitrogen and oxygen atoms in total. The molecule has 0 heterocycles. The van der Waals surface area contributed by atoms with Crippen LogP contribution in [0.3, 0.4) is 0 Å². The minimum Gasteiger partial charge on any atom is -0.0955 e. The standard InChI is InChI=1S/C27H24/c1-20(2)23-13-9-21(10-14-23)7-8-22-11-15-25(16-12-22)27-18-17-24-5-3-4-6-26(24)19-27/h3-6,9-19H,1,7-8H2,2H3. The zero-order valence-electron chi connectivity index (χ0n) is 15.8. The van der Waals surface area contributed by atoms with Gasteiger partial charge in [0.05, 0.1) is 0 Å². The largest absolute Gasteiger partial charge is 0.0955 e. The van der Waals surface area contributed by atoms with Crippen molar-refractivity contribution in [1.29, 1.82) is 0 Å². The van der Waals surface area contributed by atoms with E-state index in [0.717, 1.165) is 18.4 Å². The van der Waals surface area contributed by atoms with Crippen molar-refractivity contribution in [2.24, 2.45) is 0 Å². The Morgan fingerprint density at radius 1 is 0.630 bits per heavy atom. The third-order valence-corrected chi connectivity index (χ3v) is 5.19. The summed E-state index contributed by atoms with van der Waals surface area (Å²) in [7, 11) is 0. The monoisotopic (exact) mass is 348 g/mol. The molecule has 4 aromatic rings. The minimum atomic E-state index is 1.06. The van der Waals surface area contributed by atoms with Crippen LogP contribution in [0.1, 0.15) is 23.6 Å². The maximum absolute atomic E-state index is 4.00. The van der Waals surface area contributed by atoms with E-state index in [2.05, 4.69) is 97.6 Å². The fraction of sp³-hybridized carbons (Fsp3) is 0.111. The van der Waals surface area contributed by atoms with Gasteiger partial charge in [-0.1, -0.05) is 97.1 Å². The van der Waals surface area contributed by atoms with Gasteiger partial charge in [-0.3, -0.25) is 0 Å². The van der Waals surface area contributed by atoms with Gasteiger partial charge in [0.1, 0.15) is 0 Å². The maximum Gasteiger partial charge on any atom is -0.0178 e. The molecule has 0 radical (unpaired) electrons. The Balaban J connectivity index is 1.45. The Labute approximate surface area is 161 Å². The highest BCUT2D eigenvalue weighted by Gasteiger charge is 2.02. The molecular formula is C27H24. The number of hydrogen-bond donors (Lipinski definition) is 0. The van der Waals surface area contributed by atoms with E-state index in [4.69, 9.17) is 0 Å². The average Bonchev–Trinajstić information content (AvgIpc) is 2.72. The molecule has 27 heavy (non-hydrogen) atoms. The van der Waals surface area contributed by atoms with E-state index in [9.17, 15) is 0 Å². The van der Waals surface area contributed by atoms with E-state index < -0.39 is 0 Å². The zero-order chi connectivity index (χ0) is 18.6. The lowest BCUT2D eigenvalue weighted by Crippen LogP contribution is -1.92. The van der Waals surface area contributed by atoms with E-state index in [1.54, 1.807) is 0 Å². The first kappa shape index (κ1) is 17.3. The van der Waals surface area contributed by atoms with Crippen molar-refractivity contribution < 1.29 is 0 Å². The van der Waals surface area contributed by atoms with E-state index in [1.807, 2.05) is 6.92 Å². The lowest BCUT2D eigenvalue weighted by molar-refractivity contribution is 0.960. The summed E-state index contributed by atoms with van der Waals surface area (Å²) in [5.74, 6) is 0. The predicted molar refractivity (Wildman–Crippen MR) is 118 cm³/mol. The molecule has 4 rings (SSSR count). The number of benzene rings is 4. The van der Waals surface area contributed by atoms with Crippen LogP contribution >= 0.6 is 0 Å². The van der Waals surface area contributed by atoms with Gasteiger partial charge in [0.15, 0.2) is 0 Å². The predicted octanol–water partition coefficient (Wildman–Crippen LogP) is 7.33. The fourth-order valence-corrected chi connectivity index (χ4v) is 3.48. The Bertz CT molecular complexity index is 1070. The van der Waals surface area contributed by atoms with Crippen LogP contribution in [0.25, 0.3) is 27.5 Å². The Morgan fingerprint density at radius 2 is 1.19 bits per heavy atom. The Morgan fingerprint density at radius 3 is 1.81 bits per heavy atom. The molecular weight excluding hydrogens is 324 g/mol. The van der Waals surface area contributed by atoms with E-state index in [-0.39, 0.29) is 0 Å². The van der Waals surface area contributed by atoms with Crippen LogP contribution in [0.2, 0.25) is 0 Å². The molecule has 0 aromatic heterocycles. The van der Waals surface area contributed by atoms with E-state index in [0.29, 0.717) is 0 Å². The van der Waals surface area contributed by atoms with Gasteiger partial charge in [-0.15, -0.1) is 0 Å². The molecule has 0 heteroatoms. The number of rotatable bonds is 5. The van der Waals surface area contributed by atoms with Gasteiger partial charge in [-0.05, 0) is 64.4 Å². The molecule has 132 valence electrons. The van der Waals surface area contributed by atoms with Crippen molar-refractivity contribution in [1.82, 2.24) is 0 Å². The summed E-state index contributed by atoms with van der Waals surface area (Å²) in [5.41, 5.74) is 7.64. The van der Waals surface area contributed by atoms with Gasteiger partial charge in [0.2, 0.25) is 0 Å². The van der Waals surface area contributed by atoms with Gasteiger partial charge < -0.3 is 0 Å². The summed E-state index contributed by atoms with van der Waals surface area (Å²) in [6.07, 6.45) is 2.12. The number of allylic oxidation sites excluding steroid dienone is 1. The number of fused-ring (bicyclic) bond motifs is 1. The van der Waals surface area contributed by atoms with Crippen LogP contribution < -0.4 is 0 Å². The van der Waals surface area contributed by atoms with Crippen LogP contribution in [0.4, 0.5) is 0 Å². The van der Waals surface area contributed by atoms with Crippen LogP contribution in [-0.2, 0) is 12.8 Å². The summed E-state index contributed by atoms with van der Waals surface area (Å²) in [6.45, 7) is 6.05. The van der Waals surface area contributed by atoms with Crippen molar-refractivity contribution in [3.05, 3.63) is 114 Å². The lowest BCUT2D eigenvalue weighted by Gasteiger charge is -2.07. The second-order valence-corrected chi connectivity index (χ2v) is 7.24. The number of hydrogen-bond acceptors (Lipinski definition) is 0. The van der Waals surface area contributed by atoms with Crippen molar-refractivity contribution in [2.75, 3.05) is 0 Å². The van der Waals surface area contributed by atoms with Crippen LogP contribution in [-0.4, -0.2) is 0 Å². The molecule has 0 aliphatic carbocycles.